The summed E-state index contributed by atoms with van der Waals surface area (Å²) in [5.41, 5.74) is 7.00. The van der Waals surface area contributed by atoms with Crippen LogP contribution in [0.5, 0.6) is 0 Å². The Balaban J connectivity index is 2.27. The Hall–Kier alpha value is -2.60. The molecule has 0 unspecified atom stereocenters. The highest BCUT2D eigenvalue weighted by Crippen LogP contribution is 2.24. The molecule has 2 aromatic carbocycles. The molecule has 0 aromatic heterocycles. The minimum Gasteiger partial charge on any atom is -0.398 e. The number of aryl methyl sites for hydroxylation is 1. The number of nitrogen functional groups attached to an aromatic ring is 1. The van der Waals surface area contributed by atoms with E-state index in [-0.39, 0.29) is 16.9 Å². The first-order valence-electron chi connectivity index (χ1n) is 6.00. The molecule has 0 aliphatic heterocycles. The highest BCUT2D eigenvalue weighted by Gasteiger charge is 2.14. The predicted octanol–water partition coefficient (Wildman–Crippen LogP) is 3.39. The van der Waals surface area contributed by atoms with Gasteiger partial charge in [0, 0.05) is 28.0 Å². The van der Waals surface area contributed by atoms with Crippen molar-refractivity contribution in [3.8, 4) is 0 Å². The molecule has 3 N–H and O–H groups in total. The largest absolute Gasteiger partial charge is 0.398 e. The molecule has 1 amide bonds. The Morgan fingerprint density at radius 2 is 2.00 bits per heavy atom. The number of rotatable bonds is 3. The molecule has 0 heterocycles. The first-order chi connectivity index (χ1) is 9.88. The smallest absolute Gasteiger partial charge is 0.274 e. The highest BCUT2D eigenvalue weighted by molar-refractivity contribution is 6.31. The van der Waals surface area contributed by atoms with Gasteiger partial charge in [-0.25, -0.2) is 0 Å². The Labute approximate surface area is 125 Å². The fourth-order valence-electron chi connectivity index (χ4n) is 1.82. The predicted molar refractivity (Wildman–Crippen MR) is 81.7 cm³/mol. The standard InChI is InChI=1S/C14H12ClN3O3/c1-8-2-4-10(7-13(8)18(20)21)17-14(19)11-5-3-9(15)6-12(11)16/h2-7H,16H2,1H3,(H,17,19). The summed E-state index contributed by atoms with van der Waals surface area (Å²) in [7, 11) is 0. The van der Waals surface area contributed by atoms with Crippen molar-refractivity contribution in [2.24, 2.45) is 0 Å². The zero-order valence-electron chi connectivity index (χ0n) is 11.1. The van der Waals surface area contributed by atoms with Crippen molar-refractivity contribution in [2.45, 2.75) is 6.92 Å². The lowest BCUT2D eigenvalue weighted by Crippen LogP contribution is -2.14. The van der Waals surface area contributed by atoms with E-state index >= 15 is 0 Å². The minimum atomic E-state index is -0.498. The van der Waals surface area contributed by atoms with Gasteiger partial charge in [-0.05, 0) is 31.2 Å². The number of nitro benzene ring substituents is 1. The topological polar surface area (TPSA) is 98.3 Å². The van der Waals surface area contributed by atoms with E-state index in [1.54, 1.807) is 25.1 Å². The molecule has 2 aromatic rings. The van der Waals surface area contributed by atoms with Crippen LogP contribution in [-0.2, 0) is 0 Å². The van der Waals surface area contributed by atoms with Crippen molar-refractivity contribution in [2.75, 3.05) is 11.1 Å². The molecular weight excluding hydrogens is 294 g/mol. The molecule has 108 valence electrons. The van der Waals surface area contributed by atoms with E-state index in [0.29, 0.717) is 16.3 Å². The number of hydrogen-bond acceptors (Lipinski definition) is 4. The highest BCUT2D eigenvalue weighted by atomic mass is 35.5. The van der Waals surface area contributed by atoms with Crippen molar-refractivity contribution in [1.82, 2.24) is 0 Å². The normalized spacial score (nSPS) is 10.2. The summed E-state index contributed by atoms with van der Waals surface area (Å²) in [6.07, 6.45) is 0. The third kappa shape index (κ3) is 3.29. The van der Waals surface area contributed by atoms with E-state index in [1.807, 2.05) is 0 Å². The van der Waals surface area contributed by atoms with Gasteiger partial charge in [-0.1, -0.05) is 17.7 Å². The fourth-order valence-corrected chi connectivity index (χ4v) is 2.00. The number of benzene rings is 2. The van der Waals surface area contributed by atoms with Crippen LogP contribution in [0, 0.1) is 17.0 Å². The fraction of sp³-hybridized carbons (Fsp3) is 0.0714. The lowest BCUT2D eigenvalue weighted by molar-refractivity contribution is -0.385. The molecule has 0 saturated heterocycles. The first kappa shape index (κ1) is 14.8. The maximum Gasteiger partial charge on any atom is 0.274 e. The molecule has 0 bridgehead atoms. The Kier molecular flexibility index (Phi) is 4.09. The Morgan fingerprint density at radius 1 is 1.29 bits per heavy atom. The zero-order chi connectivity index (χ0) is 15.6. The quantitative estimate of drug-likeness (QED) is 0.516. The molecule has 0 aliphatic carbocycles. The molecule has 21 heavy (non-hydrogen) atoms. The van der Waals surface area contributed by atoms with Gasteiger partial charge in [0.1, 0.15) is 0 Å². The third-order valence-electron chi connectivity index (χ3n) is 2.92. The number of carbonyl (C=O) groups excluding carboxylic acids is 1. The van der Waals surface area contributed by atoms with Crippen LogP contribution in [0.3, 0.4) is 0 Å². The van der Waals surface area contributed by atoms with Crippen LogP contribution < -0.4 is 11.1 Å². The molecule has 0 saturated carbocycles. The van der Waals surface area contributed by atoms with Crippen LogP contribution in [0.4, 0.5) is 17.1 Å². The number of nitrogens with one attached hydrogen (secondary N) is 1. The molecule has 0 spiro atoms. The van der Waals surface area contributed by atoms with Crippen LogP contribution in [-0.4, -0.2) is 10.8 Å². The van der Waals surface area contributed by atoms with Crippen LogP contribution in [0.25, 0.3) is 0 Å². The van der Waals surface area contributed by atoms with Gasteiger partial charge in [-0.15, -0.1) is 0 Å². The average Bonchev–Trinajstić information content (AvgIpc) is 2.40. The van der Waals surface area contributed by atoms with E-state index in [0.717, 1.165) is 0 Å². The molecular formula is C14H12ClN3O3. The first-order valence-corrected chi connectivity index (χ1v) is 6.37. The summed E-state index contributed by atoms with van der Waals surface area (Å²) in [6, 6.07) is 8.97. The molecule has 0 atom stereocenters. The second-order valence-corrected chi connectivity index (χ2v) is 4.88. The van der Waals surface area contributed by atoms with Crippen molar-refractivity contribution >= 4 is 34.6 Å². The molecule has 0 radical (unpaired) electrons. The van der Waals surface area contributed by atoms with E-state index in [9.17, 15) is 14.9 Å². The molecule has 0 aliphatic rings. The number of hydrogen-bond donors (Lipinski definition) is 2. The zero-order valence-corrected chi connectivity index (χ0v) is 11.8. The van der Waals surface area contributed by atoms with Gasteiger partial charge in [-0.2, -0.15) is 0 Å². The Morgan fingerprint density at radius 3 is 2.62 bits per heavy atom. The number of anilines is 2. The van der Waals surface area contributed by atoms with Gasteiger partial charge >= 0.3 is 0 Å². The van der Waals surface area contributed by atoms with Crippen molar-refractivity contribution < 1.29 is 9.72 Å². The lowest BCUT2D eigenvalue weighted by atomic mass is 10.1. The van der Waals surface area contributed by atoms with E-state index in [2.05, 4.69) is 5.32 Å². The summed E-state index contributed by atoms with van der Waals surface area (Å²) in [4.78, 5) is 22.5. The number of nitrogens with zero attached hydrogens (tertiary/aromatic N) is 1. The number of nitrogens with two attached hydrogens (primary N) is 1. The summed E-state index contributed by atoms with van der Waals surface area (Å²) in [6.45, 7) is 1.63. The number of amides is 1. The van der Waals surface area contributed by atoms with Gasteiger partial charge in [0.2, 0.25) is 0 Å². The van der Waals surface area contributed by atoms with Gasteiger partial charge in [0.05, 0.1) is 10.5 Å². The summed E-state index contributed by atoms with van der Waals surface area (Å²) < 4.78 is 0. The molecule has 0 fully saturated rings. The van der Waals surface area contributed by atoms with Crippen LogP contribution in [0.1, 0.15) is 15.9 Å². The van der Waals surface area contributed by atoms with Crippen LogP contribution in [0.2, 0.25) is 5.02 Å². The van der Waals surface area contributed by atoms with Crippen molar-refractivity contribution in [3.05, 3.63) is 62.7 Å². The maximum atomic E-state index is 12.1. The summed E-state index contributed by atoms with van der Waals surface area (Å²) in [5, 5.41) is 13.9. The summed E-state index contributed by atoms with van der Waals surface area (Å²) >= 11 is 5.77. The van der Waals surface area contributed by atoms with Gasteiger partial charge in [0.15, 0.2) is 0 Å². The monoisotopic (exact) mass is 305 g/mol. The molecule has 7 heteroatoms. The van der Waals surface area contributed by atoms with E-state index in [4.69, 9.17) is 17.3 Å². The minimum absolute atomic E-state index is 0.0584. The number of carbonyl (C=O) groups is 1. The maximum absolute atomic E-state index is 12.1. The van der Waals surface area contributed by atoms with E-state index < -0.39 is 10.8 Å². The Bertz CT molecular complexity index is 731. The average molecular weight is 306 g/mol. The number of nitro groups is 1. The summed E-state index contributed by atoms with van der Waals surface area (Å²) in [5.74, 6) is -0.456. The van der Waals surface area contributed by atoms with Gasteiger partial charge in [0.25, 0.3) is 11.6 Å². The second kappa shape index (κ2) is 5.80. The SMILES string of the molecule is Cc1ccc(NC(=O)c2ccc(Cl)cc2N)cc1[N+](=O)[O-]. The van der Waals surface area contributed by atoms with Gasteiger partial charge in [-0.3, -0.25) is 14.9 Å². The van der Waals surface area contributed by atoms with Crippen LogP contribution in [0.15, 0.2) is 36.4 Å². The van der Waals surface area contributed by atoms with Crippen molar-refractivity contribution in [3.63, 3.8) is 0 Å². The lowest BCUT2D eigenvalue weighted by Gasteiger charge is -2.08. The third-order valence-corrected chi connectivity index (χ3v) is 3.16. The number of halogens is 1. The van der Waals surface area contributed by atoms with Crippen molar-refractivity contribution in [1.29, 1.82) is 0 Å². The molecule has 2 rings (SSSR count). The van der Waals surface area contributed by atoms with Crippen LogP contribution >= 0.6 is 11.6 Å². The van der Waals surface area contributed by atoms with E-state index in [1.165, 1.54) is 18.2 Å². The molecule has 6 nitrogen and oxygen atoms in total. The second-order valence-electron chi connectivity index (χ2n) is 4.44. The van der Waals surface area contributed by atoms with Gasteiger partial charge < -0.3 is 11.1 Å².